The molecule has 0 saturated heterocycles. The Hall–Kier alpha value is -3.43. The average molecular weight is 386 g/mol. The lowest BCUT2D eigenvalue weighted by Crippen LogP contribution is -2.35. The fourth-order valence-electron chi connectivity index (χ4n) is 2.59. The van der Waals surface area contributed by atoms with Gasteiger partial charge in [-0.25, -0.2) is 14.4 Å². The van der Waals surface area contributed by atoms with Crippen molar-refractivity contribution < 1.29 is 24.2 Å². The lowest BCUT2D eigenvalue weighted by atomic mass is 10.0. The van der Waals surface area contributed by atoms with Crippen molar-refractivity contribution in [3.8, 4) is 0 Å². The molecule has 3 aromatic rings. The highest BCUT2D eigenvalue weighted by atomic mass is 16.5. The lowest BCUT2D eigenvalue weighted by molar-refractivity contribution is 0.0185. The first-order valence-electron chi connectivity index (χ1n) is 8.42. The molecular weight excluding hydrogens is 368 g/mol. The maximum absolute atomic E-state index is 11.7. The van der Waals surface area contributed by atoms with Crippen LogP contribution in [0.4, 0.5) is 4.79 Å². The van der Waals surface area contributed by atoms with Crippen LogP contribution in [-0.4, -0.2) is 33.9 Å². The van der Waals surface area contributed by atoms with Crippen LogP contribution < -0.4 is 16.7 Å². The van der Waals surface area contributed by atoms with Crippen molar-refractivity contribution in [1.29, 1.82) is 0 Å². The number of nitrogens with one attached hydrogen (secondary N) is 2. The summed E-state index contributed by atoms with van der Waals surface area (Å²) in [5.74, 6) is -0.885. The SMILES string of the molecule is O=C(NCC(O)C(O)c1ccc2[nH]c(=O)oc(=O)c2c1)OCc1ccccc1. The molecule has 9 nitrogen and oxygen atoms in total. The van der Waals surface area contributed by atoms with E-state index in [0.29, 0.717) is 0 Å². The summed E-state index contributed by atoms with van der Waals surface area (Å²) in [4.78, 5) is 37.0. The number of aromatic amines is 1. The Bertz CT molecular complexity index is 1070. The van der Waals surface area contributed by atoms with Gasteiger partial charge in [-0.3, -0.25) is 4.98 Å². The van der Waals surface area contributed by atoms with Crippen molar-refractivity contribution in [2.24, 2.45) is 0 Å². The van der Waals surface area contributed by atoms with E-state index in [-0.39, 0.29) is 29.6 Å². The van der Waals surface area contributed by atoms with Gasteiger partial charge in [0.15, 0.2) is 0 Å². The summed E-state index contributed by atoms with van der Waals surface area (Å²) in [7, 11) is 0. The highest BCUT2D eigenvalue weighted by Gasteiger charge is 2.20. The topological polar surface area (TPSA) is 142 Å². The maximum atomic E-state index is 11.7. The molecular formula is C19H18N2O7. The van der Waals surface area contributed by atoms with Gasteiger partial charge in [-0.15, -0.1) is 0 Å². The molecule has 0 radical (unpaired) electrons. The Morgan fingerprint density at radius 3 is 2.64 bits per heavy atom. The molecule has 0 bridgehead atoms. The van der Waals surface area contributed by atoms with Crippen LogP contribution >= 0.6 is 0 Å². The Balaban J connectivity index is 1.59. The predicted molar refractivity (Wildman–Crippen MR) is 98.7 cm³/mol. The molecule has 1 aromatic heterocycles. The molecule has 28 heavy (non-hydrogen) atoms. The van der Waals surface area contributed by atoms with Gasteiger partial charge in [-0.2, -0.15) is 0 Å². The van der Waals surface area contributed by atoms with Gasteiger partial charge in [0.1, 0.15) is 18.8 Å². The summed E-state index contributed by atoms with van der Waals surface area (Å²) in [6.07, 6.45) is -3.48. The standard InChI is InChI=1S/C19H18N2O7/c22-15(9-20-18(25)27-10-11-4-2-1-3-5-11)16(23)12-6-7-14-13(8-12)17(24)28-19(26)21-14/h1-8,15-16,22-23H,9-10H2,(H,20,25)(H,21,26). The van der Waals surface area contributed by atoms with Crippen LogP contribution in [-0.2, 0) is 11.3 Å². The number of hydrogen-bond acceptors (Lipinski definition) is 7. The molecule has 1 heterocycles. The van der Waals surface area contributed by atoms with Crippen LogP contribution in [0.15, 0.2) is 62.5 Å². The van der Waals surface area contributed by atoms with E-state index >= 15 is 0 Å². The van der Waals surface area contributed by atoms with Crippen LogP contribution in [0.1, 0.15) is 17.2 Å². The Kier molecular flexibility index (Phi) is 5.87. The van der Waals surface area contributed by atoms with Crippen LogP contribution in [0, 0.1) is 0 Å². The van der Waals surface area contributed by atoms with Gasteiger partial charge in [0.2, 0.25) is 0 Å². The van der Waals surface area contributed by atoms with E-state index in [9.17, 15) is 24.6 Å². The van der Waals surface area contributed by atoms with Gasteiger partial charge in [-0.1, -0.05) is 36.4 Å². The van der Waals surface area contributed by atoms with Crippen molar-refractivity contribution >= 4 is 17.0 Å². The number of ether oxygens (including phenoxy) is 1. The molecule has 1 amide bonds. The monoisotopic (exact) mass is 386 g/mol. The number of alkyl carbamates (subject to hydrolysis) is 1. The number of carbonyl (C=O) groups excluding carboxylic acids is 1. The second kappa shape index (κ2) is 8.51. The molecule has 0 aliphatic carbocycles. The molecule has 9 heteroatoms. The minimum atomic E-state index is -1.38. The molecule has 2 unspecified atom stereocenters. The normalized spacial score (nSPS) is 13.1. The summed E-state index contributed by atoms with van der Waals surface area (Å²) in [5.41, 5.74) is 0.421. The van der Waals surface area contributed by atoms with Crippen molar-refractivity contribution in [1.82, 2.24) is 10.3 Å². The first kappa shape index (κ1) is 19.3. The van der Waals surface area contributed by atoms with Crippen LogP contribution in [0.5, 0.6) is 0 Å². The third-order valence-electron chi connectivity index (χ3n) is 4.06. The molecule has 146 valence electrons. The van der Waals surface area contributed by atoms with E-state index in [1.165, 1.54) is 18.2 Å². The van der Waals surface area contributed by atoms with Crippen LogP contribution in [0.3, 0.4) is 0 Å². The first-order chi connectivity index (χ1) is 13.4. The molecule has 2 atom stereocenters. The highest BCUT2D eigenvalue weighted by Crippen LogP contribution is 2.19. The number of amides is 1. The fourth-order valence-corrected chi connectivity index (χ4v) is 2.59. The Labute approximate surface area is 158 Å². The number of carbonyl (C=O) groups is 1. The second-order valence-electron chi connectivity index (χ2n) is 6.06. The summed E-state index contributed by atoms with van der Waals surface area (Å²) >= 11 is 0. The molecule has 2 aromatic carbocycles. The second-order valence-corrected chi connectivity index (χ2v) is 6.06. The minimum absolute atomic E-state index is 0.0542. The van der Waals surface area contributed by atoms with Gasteiger partial charge >= 0.3 is 17.5 Å². The van der Waals surface area contributed by atoms with Crippen molar-refractivity contribution in [3.63, 3.8) is 0 Å². The third-order valence-corrected chi connectivity index (χ3v) is 4.06. The summed E-state index contributed by atoms with van der Waals surface area (Å²) in [6, 6.07) is 13.2. The molecule has 0 aliphatic heterocycles. The van der Waals surface area contributed by atoms with E-state index < -0.39 is 29.7 Å². The first-order valence-corrected chi connectivity index (χ1v) is 8.42. The summed E-state index contributed by atoms with van der Waals surface area (Å²) < 4.78 is 9.46. The molecule has 0 aliphatic rings. The molecule has 3 rings (SSSR count). The smallest absolute Gasteiger partial charge is 0.419 e. The Morgan fingerprint density at radius 2 is 1.89 bits per heavy atom. The van der Waals surface area contributed by atoms with Gasteiger partial charge in [0.25, 0.3) is 0 Å². The van der Waals surface area contributed by atoms with Gasteiger partial charge in [0, 0.05) is 6.54 Å². The number of aliphatic hydroxyl groups is 2. The zero-order valence-electron chi connectivity index (χ0n) is 14.6. The largest absolute Gasteiger partial charge is 0.445 e. The van der Waals surface area contributed by atoms with E-state index in [1.54, 1.807) is 12.1 Å². The number of benzene rings is 2. The third kappa shape index (κ3) is 4.64. The molecule has 4 N–H and O–H groups in total. The fraction of sp³-hybridized carbons (Fsp3) is 0.211. The maximum Gasteiger partial charge on any atom is 0.419 e. The molecule has 0 saturated carbocycles. The van der Waals surface area contributed by atoms with Gasteiger partial charge in [-0.05, 0) is 23.3 Å². The zero-order valence-corrected chi connectivity index (χ0v) is 14.6. The average Bonchev–Trinajstić information content (AvgIpc) is 2.70. The quantitative estimate of drug-likeness (QED) is 0.491. The zero-order chi connectivity index (χ0) is 20.1. The minimum Gasteiger partial charge on any atom is -0.445 e. The number of H-pyrrole nitrogens is 1. The lowest BCUT2D eigenvalue weighted by Gasteiger charge is -2.19. The van der Waals surface area contributed by atoms with E-state index in [1.807, 2.05) is 18.2 Å². The van der Waals surface area contributed by atoms with E-state index in [4.69, 9.17) is 4.74 Å². The van der Waals surface area contributed by atoms with Crippen LogP contribution in [0.2, 0.25) is 0 Å². The highest BCUT2D eigenvalue weighted by molar-refractivity contribution is 5.77. The molecule has 0 spiro atoms. The predicted octanol–water partition coefficient (Wildman–Crippen LogP) is 0.802. The van der Waals surface area contributed by atoms with Crippen LogP contribution in [0.25, 0.3) is 10.9 Å². The number of fused-ring (bicyclic) bond motifs is 1. The van der Waals surface area contributed by atoms with Gasteiger partial charge in [0.05, 0.1) is 10.9 Å². The number of aromatic nitrogens is 1. The molecule has 0 fully saturated rings. The van der Waals surface area contributed by atoms with Crippen molar-refractivity contribution in [2.75, 3.05) is 6.54 Å². The Morgan fingerprint density at radius 1 is 1.14 bits per heavy atom. The van der Waals surface area contributed by atoms with Crippen molar-refractivity contribution in [2.45, 2.75) is 18.8 Å². The van der Waals surface area contributed by atoms with E-state index in [2.05, 4.69) is 14.7 Å². The van der Waals surface area contributed by atoms with Crippen molar-refractivity contribution in [3.05, 3.63) is 80.6 Å². The number of rotatable bonds is 6. The number of aliphatic hydroxyl groups excluding tert-OH is 2. The van der Waals surface area contributed by atoms with E-state index in [0.717, 1.165) is 5.56 Å². The summed E-state index contributed by atoms with van der Waals surface area (Å²) in [5, 5.41) is 22.8. The van der Waals surface area contributed by atoms with Gasteiger partial charge < -0.3 is 24.7 Å². The summed E-state index contributed by atoms with van der Waals surface area (Å²) in [6.45, 7) is -0.197. The number of hydrogen-bond donors (Lipinski definition) is 4.